The lowest BCUT2D eigenvalue weighted by molar-refractivity contribution is -0.124. The number of carbonyl (C=O) groups is 8. The molecule has 2 aromatic rings. The van der Waals surface area contributed by atoms with Crippen LogP contribution < -0.4 is 0 Å². The lowest BCUT2D eigenvalue weighted by Crippen LogP contribution is -2.37. The third kappa shape index (κ3) is 6.94. The maximum Gasteiger partial charge on any atom is 0.410 e. The number of amides is 2. The number of benzene rings is 2. The molecule has 2 aliphatic carbocycles. The minimum Gasteiger partial charge on any atom is -0.444 e. The highest BCUT2D eigenvalue weighted by Gasteiger charge is 2.49. The molecule has 2 heterocycles. The van der Waals surface area contributed by atoms with Crippen molar-refractivity contribution in [3.63, 3.8) is 0 Å². The van der Waals surface area contributed by atoms with Crippen LogP contribution in [0.2, 0.25) is 0 Å². The Morgan fingerprint density at radius 1 is 0.585 bits per heavy atom. The molecule has 2 amide bonds. The van der Waals surface area contributed by atoms with Crippen molar-refractivity contribution in [2.45, 2.75) is 75.4 Å². The van der Waals surface area contributed by atoms with Gasteiger partial charge in [-0.15, -0.1) is 0 Å². The Morgan fingerprint density at radius 2 is 0.925 bits per heavy atom. The molecule has 0 radical (unpaired) electrons. The van der Waals surface area contributed by atoms with E-state index in [-0.39, 0.29) is 71.1 Å². The Kier molecular flexibility index (Phi) is 9.33. The molecule has 2 fully saturated rings. The first kappa shape index (κ1) is 37.7. The van der Waals surface area contributed by atoms with Crippen LogP contribution in [-0.2, 0) is 28.9 Å². The normalized spacial score (nSPS) is 23.0. The average molecular weight is 749 g/mol. The van der Waals surface area contributed by atoms with E-state index >= 15 is 0 Å². The molecule has 0 N–H and O–H groups in total. The van der Waals surface area contributed by atoms with E-state index in [1.54, 1.807) is 41.5 Å². The van der Waals surface area contributed by atoms with Gasteiger partial charge >= 0.3 is 12.2 Å². The zero-order valence-electron chi connectivity index (χ0n) is 30.2. The highest BCUT2D eigenvalue weighted by Crippen LogP contribution is 2.37. The Labute approximate surface area is 306 Å². The summed E-state index contributed by atoms with van der Waals surface area (Å²) in [7, 11) is -4.45. The summed E-state index contributed by atoms with van der Waals surface area (Å²) in [6, 6.07) is 6.60. The summed E-state index contributed by atoms with van der Waals surface area (Å²) in [4.78, 5) is 107. The summed E-state index contributed by atoms with van der Waals surface area (Å²) in [6.07, 6.45) is -0.782. The fourth-order valence-corrected chi connectivity index (χ4v) is 8.49. The van der Waals surface area contributed by atoms with Crippen LogP contribution in [-0.4, -0.2) is 102 Å². The van der Waals surface area contributed by atoms with Gasteiger partial charge in [0, 0.05) is 60.3 Å². The molecule has 6 rings (SSSR count). The quantitative estimate of drug-likeness (QED) is 0.383. The molecule has 15 heteroatoms. The maximum atomic E-state index is 13.8. The molecule has 0 bridgehead atoms. The number of ether oxygens (including phenoxy) is 2. The zero-order chi connectivity index (χ0) is 38.9. The van der Waals surface area contributed by atoms with Crippen molar-refractivity contribution in [2.75, 3.05) is 26.2 Å². The standard InChI is InChI=1S/C38H40N2O12S/c1-37(2,3)51-35(47)39-13-11-19(17-39)29(41)27-31(43)23-9-7-21(15-25(23)33(27)45)53(49,50)22-8-10-24-26(16-22)34(46)28(32(24)44)30(42)20-12-14-40(18-20)36(48)52-38(4,5)6/h7-10,15-16,19-20,27-28H,11-14,17-18H2,1-6H3/t19-,20-,27?,28?/m1/s1. The van der Waals surface area contributed by atoms with Crippen molar-refractivity contribution in [1.82, 2.24) is 9.80 Å². The van der Waals surface area contributed by atoms with Crippen LogP contribution in [0, 0.1) is 23.7 Å². The SMILES string of the molecule is CC(C)(C)OC(=O)N1CC[C@@H](C(=O)C2C(=O)c3ccc(S(=O)(=O)c4ccc5c(c4)C(=O)C(C(=O)[C@@H]4CCN(C(=O)OC(C)(C)C)C4)C5=O)cc3C2=O)C1. The highest BCUT2D eigenvalue weighted by molar-refractivity contribution is 7.91. The second kappa shape index (κ2) is 13.1. The Balaban J connectivity index is 1.17. The van der Waals surface area contributed by atoms with Crippen LogP contribution >= 0.6 is 0 Å². The maximum absolute atomic E-state index is 13.8. The van der Waals surface area contributed by atoms with Gasteiger partial charge in [-0.3, -0.25) is 28.8 Å². The van der Waals surface area contributed by atoms with Crippen molar-refractivity contribution in [2.24, 2.45) is 23.7 Å². The first-order valence-corrected chi connectivity index (χ1v) is 18.8. The molecule has 14 nitrogen and oxygen atoms in total. The molecule has 4 atom stereocenters. The molecule has 0 aromatic heterocycles. The van der Waals surface area contributed by atoms with Crippen molar-refractivity contribution in [3.05, 3.63) is 58.7 Å². The van der Waals surface area contributed by atoms with E-state index in [1.165, 1.54) is 9.80 Å². The summed E-state index contributed by atoms with van der Waals surface area (Å²) in [5.74, 6) is -9.49. The van der Waals surface area contributed by atoms with Gasteiger partial charge in [-0.25, -0.2) is 18.0 Å². The van der Waals surface area contributed by atoms with Crippen molar-refractivity contribution < 1.29 is 56.2 Å². The second-order valence-electron chi connectivity index (χ2n) is 15.9. The van der Waals surface area contributed by atoms with Crippen molar-refractivity contribution in [1.29, 1.82) is 0 Å². The molecule has 53 heavy (non-hydrogen) atoms. The van der Waals surface area contributed by atoms with E-state index in [4.69, 9.17) is 9.47 Å². The fraction of sp³-hybridized carbons (Fsp3) is 0.474. The van der Waals surface area contributed by atoms with Gasteiger partial charge in [0.25, 0.3) is 0 Å². The van der Waals surface area contributed by atoms with Gasteiger partial charge in [0.15, 0.2) is 34.7 Å². The molecular formula is C38H40N2O12S. The summed E-state index contributed by atoms with van der Waals surface area (Å²) < 4.78 is 38.4. The van der Waals surface area contributed by atoms with E-state index in [1.807, 2.05) is 0 Å². The zero-order valence-corrected chi connectivity index (χ0v) is 31.0. The van der Waals surface area contributed by atoms with Crippen LogP contribution in [0.25, 0.3) is 0 Å². The molecule has 0 saturated carbocycles. The van der Waals surface area contributed by atoms with E-state index in [0.29, 0.717) is 0 Å². The van der Waals surface area contributed by atoms with Gasteiger partial charge in [0.05, 0.1) is 9.79 Å². The summed E-state index contributed by atoms with van der Waals surface area (Å²) in [5.41, 5.74) is -2.22. The molecule has 0 spiro atoms. The summed E-state index contributed by atoms with van der Waals surface area (Å²) in [5, 5.41) is 0. The molecule has 2 saturated heterocycles. The first-order chi connectivity index (χ1) is 24.6. The van der Waals surface area contributed by atoms with Gasteiger partial charge < -0.3 is 19.3 Å². The number of ketones is 6. The van der Waals surface area contributed by atoms with E-state index in [0.717, 1.165) is 36.4 Å². The second-order valence-corrected chi connectivity index (χ2v) is 17.8. The number of nitrogens with zero attached hydrogens (tertiary/aromatic N) is 2. The van der Waals surface area contributed by atoms with E-state index < -0.39 is 91.6 Å². The van der Waals surface area contributed by atoms with Crippen LogP contribution in [0.1, 0.15) is 95.8 Å². The number of carbonyl (C=O) groups excluding carboxylic acids is 8. The van der Waals surface area contributed by atoms with Crippen molar-refractivity contribution in [3.8, 4) is 0 Å². The first-order valence-electron chi connectivity index (χ1n) is 17.3. The number of fused-ring (bicyclic) bond motifs is 2. The van der Waals surface area contributed by atoms with Gasteiger partial charge in [-0.05, 0) is 90.8 Å². The fourth-order valence-electron chi connectivity index (χ4n) is 7.17. The molecule has 2 unspecified atom stereocenters. The highest BCUT2D eigenvalue weighted by atomic mass is 32.2. The molecule has 4 aliphatic rings. The molecule has 2 aromatic carbocycles. The number of Topliss-reactive ketones (excluding diaryl/α,β-unsaturated/α-hetero) is 6. The Morgan fingerprint density at radius 3 is 1.26 bits per heavy atom. The smallest absolute Gasteiger partial charge is 0.410 e. The third-order valence-corrected chi connectivity index (χ3v) is 11.5. The van der Waals surface area contributed by atoms with Gasteiger partial charge in [0.1, 0.15) is 23.0 Å². The van der Waals surface area contributed by atoms with Crippen LogP contribution in [0.15, 0.2) is 46.2 Å². The number of hydrogen-bond donors (Lipinski definition) is 0. The predicted molar refractivity (Wildman–Crippen MR) is 184 cm³/mol. The molecular weight excluding hydrogens is 708 g/mol. The largest absolute Gasteiger partial charge is 0.444 e. The van der Waals surface area contributed by atoms with Crippen LogP contribution in [0.3, 0.4) is 0 Å². The van der Waals surface area contributed by atoms with Gasteiger partial charge in [-0.1, -0.05) is 0 Å². The van der Waals surface area contributed by atoms with E-state index in [9.17, 15) is 46.8 Å². The minimum atomic E-state index is -4.45. The lowest BCUT2D eigenvalue weighted by atomic mass is 9.88. The number of hydrogen-bond acceptors (Lipinski definition) is 12. The topological polar surface area (TPSA) is 196 Å². The van der Waals surface area contributed by atoms with Gasteiger partial charge in [-0.2, -0.15) is 0 Å². The molecule has 2 aliphatic heterocycles. The molecule has 280 valence electrons. The number of likely N-dealkylation sites (tertiary alicyclic amines) is 2. The average Bonchev–Trinajstić information content (AvgIpc) is 3.85. The predicted octanol–water partition coefficient (Wildman–Crippen LogP) is 4.16. The summed E-state index contributed by atoms with van der Waals surface area (Å²) >= 11 is 0. The van der Waals surface area contributed by atoms with Crippen LogP contribution in [0.5, 0.6) is 0 Å². The monoisotopic (exact) mass is 748 g/mol. The third-order valence-electron chi connectivity index (χ3n) is 9.77. The van der Waals surface area contributed by atoms with E-state index in [2.05, 4.69) is 0 Å². The Bertz CT molecular complexity index is 1980. The lowest BCUT2D eigenvalue weighted by Gasteiger charge is -2.24. The van der Waals surface area contributed by atoms with Crippen molar-refractivity contribution >= 4 is 56.7 Å². The van der Waals surface area contributed by atoms with Crippen LogP contribution in [0.4, 0.5) is 9.59 Å². The number of rotatable bonds is 6. The van der Waals surface area contributed by atoms with Gasteiger partial charge in [0.2, 0.25) is 9.84 Å². The number of sulfone groups is 1. The summed E-state index contributed by atoms with van der Waals surface area (Å²) in [6.45, 7) is 10.6. The Hall–Kier alpha value is -5.05. The minimum absolute atomic E-state index is 0.0298.